The van der Waals surface area contributed by atoms with Crippen LogP contribution >= 0.6 is 11.3 Å². The average Bonchev–Trinajstić information content (AvgIpc) is 2.85. The molecule has 2 N–H and O–H groups in total. The number of anilines is 1. The first-order valence-electron chi connectivity index (χ1n) is 7.49. The van der Waals surface area contributed by atoms with Gasteiger partial charge >= 0.3 is 12.0 Å². The van der Waals surface area contributed by atoms with Gasteiger partial charge in [-0.25, -0.2) is 9.59 Å². The summed E-state index contributed by atoms with van der Waals surface area (Å²) in [5, 5.41) is 5.92. The SMILES string of the molecule is CCNC(=O)Nc1sc(-c2ccccc2)c(C)c1C(=O)OCC. The van der Waals surface area contributed by atoms with Crippen molar-refractivity contribution in [3.05, 3.63) is 41.5 Å². The van der Waals surface area contributed by atoms with Gasteiger partial charge in [0.05, 0.1) is 12.2 Å². The predicted molar refractivity (Wildman–Crippen MR) is 93.1 cm³/mol. The summed E-state index contributed by atoms with van der Waals surface area (Å²) in [6, 6.07) is 9.43. The number of carbonyl (C=O) groups excluding carboxylic acids is 2. The number of esters is 1. The molecule has 122 valence electrons. The normalized spacial score (nSPS) is 10.2. The Morgan fingerprint density at radius 3 is 2.48 bits per heavy atom. The lowest BCUT2D eigenvalue weighted by Crippen LogP contribution is -2.28. The van der Waals surface area contributed by atoms with Gasteiger partial charge in [0.1, 0.15) is 5.00 Å². The molecule has 1 aromatic heterocycles. The molecule has 23 heavy (non-hydrogen) atoms. The number of ether oxygens (including phenoxy) is 1. The number of hydrogen-bond acceptors (Lipinski definition) is 4. The van der Waals surface area contributed by atoms with Crippen molar-refractivity contribution in [2.75, 3.05) is 18.5 Å². The number of urea groups is 1. The fourth-order valence-electron chi connectivity index (χ4n) is 2.22. The quantitative estimate of drug-likeness (QED) is 0.812. The van der Waals surface area contributed by atoms with Gasteiger partial charge in [0, 0.05) is 11.4 Å². The van der Waals surface area contributed by atoms with E-state index in [2.05, 4.69) is 10.6 Å². The molecule has 0 radical (unpaired) electrons. The Morgan fingerprint density at radius 1 is 1.17 bits per heavy atom. The minimum atomic E-state index is -0.421. The first-order chi connectivity index (χ1) is 11.1. The van der Waals surface area contributed by atoms with Gasteiger partial charge in [-0.2, -0.15) is 0 Å². The molecule has 0 saturated heterocycles. The molecule has 0 unspecified atom stereocenters. The third-order valence-corrected chi connectivity index (χ3v) is 4.48. The molecule has 5 nitrogen and oxygen atoms in total. The van der Waals surface area contributed by atoms with E-state index in [1.54, 1.807) is 6.92 Å². The van der Waals surface area contributed by atoms with Gasteiger partial charge in [-0.3, -0.25) is 5.32 Å². The zero-order chi connectivity index (χ0) is 16.8. The highest BCUT2D eigenvalue weighted by atomic mass is 32.1. The van der Waals surface area contributed by atoms with Gasteiger partial charge in [0.15, 0.2) is 0 Å². The summed E-state index contributed by atoms with van der Waals surface area (Å²) in [5.74, 6) is -0.421. The maximum Gasteiger partial charge on any atom is 0.341 e. The first kappa shape index (κ1) is 17.0. The molecule has 2 amide bonds. The molecular weight excluding hydrogens is 312 g/mol. The minimum Gasteiger partial charge on any atom is -0.462 e. The van der Waals surface area contributed by atoms with Crippen molar-refractivity contribution in [1.82, 2.24) is 5.32 Å². The van der Waals surface area contributed by atoms with Gasteiger partial charge in [-0.15, -0.1) is 11.3 Å². The fraction of sp³-hybridized carbons (Fsp3) is 0.294. The highest BCUT2D eigenvalue weighted by Crippen LogP contribution is 2.40. The number of nitrogens with one attached hydrogen (secondary N) is 2. The van der Waals surface area contributed by atoms with E-state index in [0.717, 1.165) is 16.0 Å². The van der Waals surface area contributed by atoms with Crippen LogP contribution in [0.2, 0.25) is 0 Å². The molecule has 0 aliphatic heterocycles. The van der Waals surface area contributed by atoms with Crippen LogP contribution in [0.4, 0.5) is 9.80 Å². The Bertz CT molecular complexity index is 695. The van der Waals surface area contributed by atoms with Crippen molar-refractivity contribution in [2.45, 2.75) is 20.8 Å². The van der Waals surface area contributed by atoms with Crippen molar-refractivity contribution in [2.24, 2.45) is 0 Å². The second-order valence-corrected chi connectivity index (χ2v) is 5.85. The Labute approximate surface area is 139 Å². The number of carbonyl (C=O) groups is 2. The lowest BCUT2D eigenvalue weighted by atomic mass is 10.1. The Morgan fingerprint density at radius 2 is 1.87 bits per heavy atom. The van der Waals surface area contributed by atoms with E-state index in [9.17, 15) is 9.59 Å². The molecule has 0 bridgehead atoms. The van der Waals surface area contributed by atoms with E-state index in [0.29, 0.717) is 17.1 Å². The van der Waals surface area contributed by atoms with Crippen molar-refractivity contribution in [3.8, 4) is 10.4 Å². The average molecular weight is 332 g/mol. The monoisotopic (exact) mass is 332 g/mol. The maximum absolute atomic E-state index is 12.3. The molecule has 2 rings (SSSR count). The van der Waals surface area contributed by atoms with Crippen LogP contribution in [0.5, 0.6) is 0 Å². The Kier molecular flexibility index (Phi) is 5.76. The van der Waals surface area contributed by atoms with E-state index in [-0.39, 0.29) is 12.6 Å². The Balaban J connectivity index is 2.46. The van der Waals surface area contributed by atoms with Crippen molar-refractivity contribution in [3.63, 3.8) is 0 Å². The number of thiophene rings is 1. The molecule has 0 atom stereocenters. The molecule has 0 saturated carbocycles. The van der Waals surface area contributed by atoms with Crippen LogP contribution in [0.25, 0.3) is 10.4 Å². The summed E-state index contributed by atoms with van der Waals surface area (Å²) < 4.78 is 5.14. The minimum absolute atomic E-state index is 0.287. The molecular formula is C17H20N2O3S. The van der Waals surface area contributed by atoms with Gasteiger partial charge in [-0.05, 0) is 31.9 Å². The van der Waals surface area contributed by atoms with Crippen LogP contribution < -0.4 is 10.6 Å². The van der Waals surface area contributed by atoms with Crippen molar-refractivity contribution in [1.29, 1.82) is 0 Å². The second-order valence-electron chi connectivity index (χ2n) is 4.83. The molecule has 0 spiro atoms. The van der Waals surface area contributed by atoms with Crippen LogP contribution in [0.15, 0.2) is 30.3 Å². The second kappa shape index (κ2) is 7.78. The van der Waals surface area contributed by atoms with Crippen molar-refractivity contribution >= 4 is 28.3 Å². The molecule has 6 heteroatoms. The highest BCUT2D eigenvalue weighted by molar-refractivity contribution is 7.20. The number of hydrogen-bond donors (Lipinski definition) is 2. The van der Waals surface area contributed by atoms with E-state index in [1.165, 1.54) is 11.3 Å². The standard InChI is InChI=1S/C17H20N2O3S/c1-4-18-17(21)19-15-13(16(20)22-5-2)11(3)14(23-15)12-9-7-6-8-10-12/h6-10H,4-5H2,1-3H3,(H2,18,19,21). The smallest absolute Gasteiger partial charge is 0.341 e. The Hall–Kier alpha value is -2.34. The van der Waals surface area contributed by atoms with Gasteiger partial charge in [0.2, 0.25) is 0 Å². The summed E-state index contributed by atoms with van der Waals surface area (Å²) in [7, 11) is 0. The largest absolute Gasteiger partial charge is 0.462 e. The molecule has 1 heterocycles. The fourth-order valence-corrected chi connectivity index (χ4v) is 3.42. The molecule has 0 aliphatic carbocycles. The first-order valence-corrected chi connectivity index (χ1v) is 8.30. The summed E-state index contributed by atoms with van der Waals surface area (Å²) in [6.45, 7) is 6.26. The van der Waals surface area contributed by atoms with E-state index in [1.807, 2.05) is 44.2 Å². The lowest BCUT2D eigenvalue weighted by molar-refractivity contribution is 0.0527. The highest BCUT2D eigenvalue weighted by Gasteiger charge is 2.24. The summed E-state index contributed by atoms with van der Waals surface area (Å²) >= 11 is 1.37. The third-order valence-electron chi connectivity index (χ3n) is 3.23. The third kappa shape index (κ3) is 3.90. The van der Waals surface area contributed by atoms with Crippen LogP contribution in [-0.4, -0.2) is 25.2 Å². The lowest BCUT2D eigenvalue weighted by Gasteiger charge is -2.07. The van der Waals surface area contributed by atoms with Crippen LogP contribution in [-0.2, 0) is 4.74 Å². The molecule has 0 fully saturated rings. The predicted octanol–water partition coefficient (Wildman–Crippen LogP) is 4.04. The van der Waals surface area contributed by atoms with E-state index < -0.39 is 5.97 Å². The summed E-state index contributed by atoms with van der Waals surface area (Å²) in [5.41, 5.74) is 2.23. The van der Waals surface area contributed by atoms with Crippen LogP contribution in [0.3, 0.4) is 0 Å². The number of benzene rings is 1. The zero-order valence-corrected chi connectivity index (χ0v) is 14.3. The van der Waals surface area contributed by atoms with E-state index in [4.69, 9.17) is 4.74 Å². The molecule has 0 aliphatic rings. The number of rotatable bonds is 5. The summed E-state index contributed by atoms with van der Waals surface area (Å²) in [4.78, 5) is 25.1. The maximum atomic E-state index is 12.3. The number of amides is 2. The van der Waals surface area contributed by atoms with Gasteiger partial charge in [0.25, 0.3) is 0 Å². The van der Waals surface area contributed by atoms with Gasteiger partial charge < -0.3 is 10.1 Å². The topological polar surface area (TPSA) is 67.4 Å². The van der Waals surface area contributed by atoms with Crippen LogP contribution in [0.1, 0.15) is 29.8 Å². The van der Waals surface area contributed by atoms with Gasteiger partial charge in [-0.1, -0.05) is 30.3 Å². The van der Waals surface area contributed by atoms with Crippen LogP contribution in [0, 0.1) is 6.92 Å². The van der Waals surface area contributed by atoms with Crippen molar-refractivity contribution < 1.29 is 14.3 Å². The molecule has 1 aromatic carbocycles. The zero-order valence-electron chi connectivity index (χ0n) is 13.4. The van der Waals surface area contributed by atoms with E-state index >= 15 is 0 Å². The summed E-state index contributed by atoms with van der Waals surface area (Å²) in [6.07, 6.45) is 0. The molecule has 2 aromatic rings.